The Morgan fingerprint density at radius 2 is 1.75 bits per heavy atom. The molecule has 44 heavy (non-hydrogen) atoms. The number of benzene rings is 3. The Kier molecular flexibility index (Phi) is 10.0. The second-order valence-corrected chi connectivity index (χ2v) is 13.0. The number of nitrogens with zero attached hydrogens (tertiary/aromatic N) is 3. The minimum Gasteiger partial charge on any atom is -0.507 e. The zero-order valence-corrected chi connectivity index (χ0v) is 26.8. The molecular formula is C34H35N3O5S2. The summed E-state index contributed by atoms with van der Waals surface area (Å²) in [4.78, 5) is 28.6. The molecule has 0 bridgehead atoms. The second kappa shape index (κ2) is 14.1. The number of aryl methyl sites for hydroxylation is 1. The first kappa shape index (κ1) is 31.3. The average Bonchev–Trinajstić information content (AvgIpc) is 3.59. The van der Waals surface area contributed by atoms with Crippen molar-refractivity contribution in [3.8, 4) is 11.5 Å². The largest absolute Gasteiger partial charge is 0.507 e. The van der Waals surface area contributed by atoms with Gasteiger partial charge in [-0.1, -0.05) is 103 Å². The summed E-state index contributed by atoms with van der Waals surface area (Å²) in [7, 11) is 0. The molecule has 1 atom stereocenters. The zero-order chi connectivity index (χ0) is 31.2. The van der Waals surface area contributed by atoms with Gasteiger partial charge in [0.1, 0.15) is 5.76 Å². The van der Waals surface area contributed by atoms with Crippen LogP contribution >= 0.6 is 23.1 Å². The highest BCUT2D eigenvalue weighted by Gasteiger charge is 2.48. The summed E-state index contributed by atoms with van der Waals surface area (Å²) in [5.74, 6) is 0.387. The number of carbonyl (C=O) groups excluding carboxylic acids is 2. The van der Waals surface area contributed by atoms with Crippen molar-refractivity contribution in [2.75, 3.05) is 18.1 Å². The molecule has 1 N–H and O–H groups in total. The van der Waals surface area contributed by atoms with Crippen LogP contribution in [0.25, 0.3) is 5.76 Å². The number of rotatable bonds is 12. The first-order valence-electron chi connectivity index (χ1n) is 14.5. The number of anilines is 1. The predicted molar refractivity (Wildman–Crippen MR) is 174 cm³/mol. The minimum atomic E-state index is -0.956. The van der Waals surface area contributed by atoms with Crippen molar-refractivity contribution in [3.63, 3.8) is 0 Å². The number of aromatic nitrogens is 2. The summed E-state index contributed by atoms with van der Waals surface area (Å²) in [6, 6.07) is 21.4. The van der Waals surface area contributed by atoms with Crippen LogP contribution in [0.1, 0.15) is 55.5 Å². The monoisotopic (exact) mass is 629 g/mol. The number of hydrogen-bond donors (Lipinski definition) is 1. The lowest BCUT2D eigenvalue weighted by Crippen LogP contribution is -2.29. The summed E-state index contributed by atoms with van der Waals surface area (Å²) < 4.78 is 12.6. The summed E-state index contributed by atoms with van der Waals surface area (Å²) in [5.41, 5.74) is 3.30. The van der Waals surface area contributed by atoms with Crippen molar-refractivity contribution in [2.45, 2.75) is 50.3 Å². The lowest BCUT2D eigenvalue weighted by atomic mass is 9.95. The van der Waals surface area contributed by atoms with E-state index in [9.17, 15) is 14.7 Å². The number of aliphatic hydroxyl groups is 1. The average molecular weight is 630 g/mol. The molecule has 0 spiro atoms. The molecule has 0 saturated carbocycles. The molecule has 1 aromatic heterocycles. The fraction of sp³-hybridized carbons (Fsp3) is 0.294. The third kappa shape index (κ3) is 6.97. The fourth-order valence-corrected chi connectivity index (χ4v) is 6.59. The van der Waals surface area contributed by atoms with Crippen molar-refractivity contribution >= 4 is 45.7 Å². The van der Waals surface area contributed by atoms with Crippen LogP contribution in [0, 0.1) is 12.8 Å². The van der Waals surface area contributed by atoms with Crippen LogP contribution in [0.15, 0.2) is 82.7 Å². The van der Waals surface area contributed by atoms with Crippen molar-refractivity contribution in [2.24, 2.45) is 5.92 Å². The summed E-state index contributed by atoms with van der Waals surface area (Å²) >= 11 is 2.74. The molecule has 8 nitrogen and oxygen atoms in total. The second-order valence-electron chi connectivity index (χ2n) is 10.8. The van der Waals surface area contributed by atoms with Gasteiger partial charge in [0.15, 0.2) is 15.8 Å². The van der Waals surface area contributed by atoms with Gasteiger partial charge in [-0.2, -0.15) is 0 Å². The standard InChI is InChI=1S/C34H35N3O5S2/c1-5-41-27-19-25(15-16-26(27)42-18-17-21(2)3)29-28(30(38)24-9-7-6-8-10-24)31(39)32(40)37(29)33-35-36-34(44-33)43-20-23-13-11-22(4)12-14-23/h6-16,19,21,29,38H,5,17-18,20H2,1-4H3/b30-28+. The minimum absolute atomic E-state index is 0.0267. The maximum Gasteiger partial charge on any atom is 0.301 e. The van der Waals surface area contributed by atoms with E-state index in [0.717, 1.165) is 12.0 Å². The van der Waals surface area contributed by atoms with Crippen LogP contribution in [0.3, 0.4) is 0 Å². The van der Waals surface area contributed by atoms with E-state index in [1.165, 1.54) is 33.6 Å². The Labute approximate surface area is 265 Å². The lowest BCUT2D eigenvalue weighted by molar-refractivity contribution is -0.132. The van der Waals surface area contributed by atoms with Crippen molar-refractivity contribution in [1.82, 2.24) is 10.2 Å². The van der Waals surface area contributed by atoms with Gasteiger partial charge in [0.05, 0.1) is 24.8 Å². The highest BCUT2D eigenvalue weighted by Crippen LogP contribution is 2.45. The number of ketones is 1. The Morgan fingerprint density at radius 3 is 2.45 bits per heavy atom. The molecule has 0 aliphatic carbocycles. The van der Waals surface area contributed by atoms with E-state index in [4.69, 9.17) is 9.47 Å². The smallest absolute Gasteiger partial charge is 0.301 e. The Hall–Kier alpha value is -4.15. The molecule has 1 saturated heterocycles. The number of amides is 1. The Bertz CT molecular complexity index is 1650. The number of aliphatic hydroxyl groups excluding tert-OH is 1. The Balaban J connectivity index is 1.54. The van der Waals surface area contributed by atoms with Crippen LogP contribution in [0.5, 0.6) is 11.5 Å². The van der Waals surface area contributed by atoms with Gasteiger partial charge in [0, 0.05) is 11.3 Å². The van der Waals surface area contributed by atoms with Gasteiger partial charge in [-0.05, 0) is 49.4 Å². The van der Waals surface area contributed by atoms with E-state index in [1.807, 2.05) is 19.9 Å². The molecule has 1 fully saturated rings. The van der Waals surface area contributed by atoms with E-state index < -0.39 is 17.7 Å². The quantitative estimate of drug-likeness (QED) is 0.0562. The van der Waals surface area contributed by atoms with Gasteiger partial charge in [-0.15, -0.1) is 10.2 Å². The molecular weight excluding hydrogens is 595 g/mol. The van der Waals surface area contributed by atoms with E-state index in [2.05, 4.69) is 48.3 Å². The molecule has 228 valence electrons. The van der Waals surface area contributed by atoms with E-state index in [0.29, 0.717) is 51.9 Å². The molecule has 5 rings (SSSR count). The van der Waals surface area contributed by atoms with E-state index >= 15 is 0 Å². The highest BCUT2D eigenvalue weighted by molar-refractivity contribution is 8.00. The summed E-state index contributed by atoms with van der Waals surface area (Å²) in [6.45, 7) is 9.10. The molecule has 0 radical (unpaired) electrons. The van der Waals surface area contributed by atoms with Crippen LogP contribution in [-0.4, -0.2) is 40.2 Å². The third-order valence-electron chi connectivity index (χ3n) is 7.11. The maximum absolute atomic E-state index is 13.6. The normalized spacial score (nSPS) is 16.1. The highest BCUT2D eigenvalue weighted by atomic mass is 32.2. The SMILES string of the molecule is CCOc1cc(C2/C(=C(\O)c3ccccc3)C(=O)C(=O)N2c2nnc(SCc3ccc(C)cc3)s2)ccc1OCCC(C)C. The van der Waals surface area contributed by atoms with Gasteiger partial charge >= 0.3 is 5.91 Å². The third-order valence-corrected chi connectivity index (χ3v) is 9.24. The summed E-state index contributed by atoms with van der Waals surface area (Å²) in [5, 5.41) is 20.3. The predicted octanol–water partition coefficient (Wildman–Crippen LogP) is 7.59. The van der Waals surface area contributed by atoms with Gasteiger partial charge in [-0.3, -0.25) is 14.5 Å². The molecule has 4 aromatic rings. The number of ether oxygens (including phenoxy) is 2. The lowest BCUT2D eigenvalue weighted by Gasteiger charge is -2.23. The van der Waals surface area contributed by atoms with E-state index in [-0.39, 0.29) is 16.5 Å². The van der Waals surface area contributed by atoms with Crippen LogP contribution in [-0.2, 0) is 15.3 Å². The number of carbonyl (C=O) groups is 2. The van der Waals surface area contributed by atoms with E-state index in [1.54, 1.807) is 42.5 Å². The first-order chi connectivity index (χ1) is 21.3. The number of thioether (sulfide) groups is 1. The van der Waals surface area contributed by atoms with Gasteiger partial charge in [-0.25, -0.2) is 0 Å². The molecule has 1 aliphatic rings. The number of Topliss-reactive ketones (excluding diaryl/α,β-unsaturated/α-hetero) is 1. The van der Waals surface area contributed by atoms with Gasteiger partial charge < -0.3 is 14.6 Å². The van der Waals surface area contributed by atoms with Crippen LogP contribution in [0.2, 0.25) is 0 Å². The van der Waals surface area contributed by atoms with Gasteiger partial charge in [0.25, 0.3) is 5.78 Å². The first-order valence-corrected chi connectivity index (χ1v) is 16.3. The van der Waals surface area contributed by atoms with Crippen molar-refractivity contribution in [3.05, 3.63) is 101 Å². The van der Waals surface area contributed by atoms with Crippen LogP contribution in [0.4, 0.5) is 5.13 Å². The molecule has 1 amide bonds. The molecule has 10 heteroatoms. The molecule has 1 unspecified atom stereocenters. The number of hydrogen-bond acceptors (Lipinski definition) is 9. The maximum atomic E-state index is 13.6. The van der Waals surface area contributed by atoms with Crippen LogP contribution < -0.4 is 14.4 Å². The van der Waals surface area contributed by atoms with Gasteiger partial charge in [0.2, 0.25) is 5.13 Å². The van der Waals surface area contributed by atoms with Crippen molar-refractivity contribution < 1.29 is 24.2 Å². The molecule has 2 heterocycles. The fourth-order valence-electron chi connectivity index (χ4n) is 4.77. The Morgan fingerprint density at radius 1 is 1.00 bits per heavy atom. The zero-order valence-electron chi connectivity index (χ0n) is 25.1. The summed E-state index contributed by atoms with van der Waals surface area (Å²) in [6.07, 6.45) is 0.881. The molecule has 3 aromatic carbocycles. The van der Waals surface area contributed by atoms with Crippen molar-refractivity contribution in [1.29, 1.82) is 0 Å². The topological polar surface area (TPSA) is 102 Å². The molecule has 1 aliphatic heterocycles.